The van der Waals surface area contributed by atoms with Crippen LogP contribution in [0.25, 0.3) is 0 Å². The molecule has 1 saturated carbocycles. The minimum atomic E-state index is -0.559. The zero-order chi connectivity index (χ0) is 13.9. The second kappa shape index (κ2) is 5.40. The van der Waals surface area contributed by atoms with Crippen molar-refractivity contribution < 1.29 is 9.18 Å². The molecule has 100 valence electrons. The fourth-order valence-corrected chi connectivity index (χ4v) is 2.73. The summed E-state index contributed by atoms with van der Waals surface area (Å²) in [7, 11) is 0. The van der Waals surface area contributed by atoms with Crippen LogP contribution in [0.3, 0.4) is 0 Å². The fraction of sp³-hybridized carbons (Fsp3) is 0.467. The predicted octanol–water partition coefficient (Wildman–Crippen LogP) is 3.61. The Kier molecular flexibility index (Phi) is 3.84. The Morgan fingerprint density at radius 3 is 2.68 bits per heavy atom. The molecule has 0 spiro atoms. The second-order valence-corrected chi connectivity index (χ2v) is 5.10. The van der Waals surface area contributed by atoms with Gasteiger partial charge in [0.05, 0.1) is 17.3 Å². The average Bonchev–Trinajstić information content (AvgIpc) is 2.91. The number of rotatable bonds is 3. The first kappa shape index (κ1) is 13.5. The van der Waals surface area contributed by atoms with Gasteiger partial charge in [0.1, 0.15) is 5.82 Å². The van der Waals surface area contributed by atoms with E-state index in [1.807, 2.05) is 13.0 Å². The Bertz CT molecular complexity index is 527. The van der Waals surface area contributed by atoms with Gasteiger partial charge in [0, 0.05) is 5.41 Å². The van der Waals surface area contributed by atoms with Gasteiger partial charge in [-0.2, -0.15) is 5.26 Å². The standard InChI is InChI=1S/C15H17FN2O/c1-2-15(7-3-4-8-15)14(19)18-13-6-5-11(10-17)9-12(13)16/h5-6,9H,2-4,7-8H2,1H3,(H,18,19). The van der Waals surface area contributed by atoms with Crippen molar-refractivity contribution in [2.24, 2.45) is 5.41 Å². The topological polar surface area (TPSA) is 52.9 Å². The first-order valence-electron chi connectivity index (χ1n) is 6.62. The Morgan fingerprint density at radius 2 is 2.16 bits per heavy atom. The van der Waals surface area contributed by atoms with Crippen molar-refractivity contribution in [2.75, 3.05) is 5.32 Å². The van der Waals surface area contributed by atoms with E-state index in [9.17, 15) is 9.18 Å². The quantitative estimate of drug-likeness (QED) is 0.902. The summed E-state index contributed by atoms with van der Waals surface area (Å²) in [6.07, 6.45) is 4.62. The molecule has 0 bridgehead atoms. The van der Waals surface area contributed by atoms with Gasteiger partial charge in [-0.1, -0.05) is 19.8 Å². The monoisotopic (exact) mass is 260 g/mol. The van der Waals surface area contributed by atoms with Gasteiger partial charge >= 0.3 is 0 Å². The van der Waals surface area contributed by atoms with E-state index in [0.717, 1.165) is 38.2 Å². The zero-order valence-corrected chi connectivity index (χ0v) is 11.0. The van der Waals surface area contributed by atoms with Crippen LogP contribution in [-0.4, -0.2) is 5.91 Å². The van der Waals surface area contributed by atoms with Gasteiger partial charge in [0.2, 0.25) is 5.91 Å². The molecular weight excluding hydrogens is 243 g/mol. The number of nitriles is 1. The van der Waals surface area contributed by atoms with Crippen molar-refractivity contribution >= 4 is 11.6 Å². The molecule has 4 heteroatoms. The second-order valence-electron chi connectivity index (χ2n) is 5.10. The van der Waals surface area contributed by atoms with Crippen LogP contribution < -0.4 is 5.32 Å². The van der Waals surface area contributed by atoms with Crippen LogP contribution in [-0.2, 0) is 4.79 Å². The van der Waals surface area contributed by atoms with E-state index in [-0.39, 0.29) is 22.6 Å². The Hall–Kier alpha value is -1.89. The van der Waals surface area contributed by atoms with Crippen LogP contribution in [0.2, 0.25) is 0 Å². The van der Waals surface area contributed by atoms with E-state index < -0.39 is 5.82 Å². The highest BCUT2D eigenvalue weighted by Gasteiger charge is 2.39. The number of nitrogens with one attached hydrogen (secondary N) is 1. The maximum atomic E-state index is 13.7. The van der Waals surface area contributed by atoms with Crippen LogP contribution in [0.15, 0.2) is 18.2 Å². The van der Waals surface area contributed by atoms with E-state index in [4.69, 9.17) is 5.26 Å². The molecule has 0 unspecified atom stereocenters. The third-order valence-electron chi connectivity index (χ3n) is 4.07. The highest BCUT2D eigenvalue weighted by Crippen LogP contribution is 2.41. The van der Waals surface area contributed by atoms with Crippen molar-refractivity contribution in [3.05, 3.63) is 29.6 Å². The molecule has 1 N–H and O–H groups in total. The van der Waals surface area contributed by atoms with Crippen molar-refractivity contribution in [1.29, 1.82) is 5.26 Å². The number of hydrogen-bond donors (Lipinski definition) is 1. The van der Waals surface area contributed by atoms with Gasteiger partial charge in [-0.25, -0.2) is 4.39 Å². The molecule has 0 atom stereocenters. The lowest BCUT2D eigenvalue weighted by Crippen LogP contribution is -2.33. The zero-order valence-electron chi connectivity index (χ0n) is 11.0. The van der Waals surface area contributed by atoms with Crippen LogP contribution in [0.4, 0.5) is 10.1 Å². The van der Waals surface area contributed by atoms with E-state index in [0.29, 0.717) is 0 Å². The first-order chi connectivity index (χ1) is 9.11. The number of benzene rings is 1. The van der Waals surface area contributed by atoms with Gasteiger partial charge in [0.15, 0.2) is 0 Å². The normalized spacial score (nSPS) is 16.9. The van der Waals surface area contributed by atoms with Crippen LogP contribution >= 0.6 is 0 Å². The van der Waals surface area contributed by atoms with E-state index >= 15 is 0 Å². The summed E-state index contributed by atoms with van der Waals surface area (Å²) in [5.41, 5.74) is 0.0608. The minimum absolute atomic E-state index is 0.101. The SMILES string of the molecule is CCC1(C(=O)Nc2ccc(C#N)cc2F)CCCC1. The minimum Gasteiger partial charge on any atom is -0.323 e. The number of amides is 1. The Morgan fingerprint density at radius 1 is 1.47 bits per heavy atom. The van der Waals surface area contributed by atoms with Gasteiger partial charge in [-0.15, -0.1) is 0 Å². The molecule has 1 aromatic rings. The summed E-state index contributed by atoms with van der Waals surface area (Å²) in [5, 5.41) is 11.4. The third-order valence-corrected chi connectivity index (χ3v) is 4.07. The lowest BCUT2D eigenvalue weighted by atomic mass is 9.82. The molecule has 0 aromatic heterocycles. The molecule has 1 aliphatic carbocycles. The molecule has 0 saturated heterocycles. The maximum Gasteiger partial charge on any atom is 0.230 e. The van der Waals surface area contributed by atoms with Gasteiger partial charge in [-0.05, 0) is 37.5 Å². The summed E-state index contributed by atoms with van der Waals surface area (Å²) in [6, 6.07) is 5.97. The molecule has 1 amide bonds. The molecule has 0 aliphatic heterocycles. The van der Waals surface area contributed by atoms with Gasteiger partial charge in [-0.3, -0.25) is 4.79 Å². The van der Waals surface area contributed by atoms with Crippen molar-refractivity contribution in [3.63, 3.8) is 0 Å². The molecule has 1 fully saturated rings. The lowest BCUT2D eigenvalue weighted by Gasteiger charge is -2.26. The lowest BCUT2D eigenvalue weighted by molar-refractivity contribution is -0.125. The first-order valence-corrected chi connectivity index (χ1v) is 6.62. The molecule has 0 radical (unpaired) electrons. The van der Waals surface area contributed by atoms with Crippen LogP contribution in [0, 0.1) is 22.6 Å². The molecular formula is C15H17FN2O. The van der Waals surface area contributed by atoms with Crippen molar-refractivity contribution in [2.45, 2.75) is 39.0 Å². The summed E-state index contributed by atoms with van der Waals surface area (Å²) in [4.78, 5) is 12.3. The van der Waals surface area contributed by atoms with E-state index in [1.165, 1.54) is 12.1 Å². The fourth-order valence-electron chi connectivity index (χ4n) is 2.73. The molecule has 0 heterocycles. The number of halogens is 1. The number of nitrogens with zero attached hydrogens (tertiary/aromatic N) is 1. The smallest absolute Gasteiger partial charge is 0.230 e. The summed E-state index contributed by atoms with van der Waals surface area (Å²) in [5.74, 6) is -0.659. The Balaban J connectivity index is 2.17. The molecule has 2 rings (SSSR count). The van der Waals surface area contributed by atoms with Gasteiger partial charge < -0.3 is 5.32 Å². The predicted molar refractivity (Wildman–Crippen MR) is 70.9 cm³/mol. The molecule has 1 aromatic carbocycles. The van der Waals surface area contributed by atoms with Crippen molar-refractivity contribution in [3.8, 4) is 6.07 Å². The van der Waals surface area contributed by atoms with Crippen LogP contribution in [0.1, 0.15) is 44.6 Å². The van der Waals surface area contributed by atoms with Gasteiger partial charge in [0.25, 0.3) is 0 Å². The number of anilines is 1. The largest absolute Gasteiger partial charge is 0.323 e. The Labute approximate surface area is 112 Å². The highest BCUT2D eigenvalue weighted by molar-refractivity contribution is 5.95. The maximum absolute atomic E-state index is 13.7. The van der Waals surface area contributed by atoms with E-state index in [1.54, 1.807) is 0 Å². The summed E-state index contributed by atoms with van der Waals surface area (Å²) >= 11 is 0. The van der Waals surface area contributed by atoms with Crippen LogP contribution in [0.5, 0.6) is 0 Å². The number of hydrogen-bond acceptors (Lipinski definition) is 2. The number of carbonyl (C=O) groups is 1. The third kappa shape index (κ3) is 2.60. The number of carbonyl (C=O) groups excluding carboxylic acids is 1. The molecule has 3 nitrogen and oxygen atoms in total. The molecule has 1 aliphatic rings. The summed E-state index contributed by atoms with van der Waals surface area (Å²) < 4.78 is 13.7. The van der Waals surface area contributed by atoms with E-state index in [2.05, 4.69) is 5.32 Å². The molecule has 19 heavy (non-hydrogen) atoms. The van der Waals surface area contributed by atoms with Crippen molar-refractivity contribution in [1.82, 2.24) is 0 Å². The highest BCUT2D eigenvalue weighted by atomic mass is 19.1. The average molecular weight is 260 g/mol. The summed E-state index contributed by atoms with van der Waals surface area (Å²) in [6.45, 7) is 2.00.